The van der Waals surface area contributed by atoms with E-state index >= 15 is 0 Å². The van der Waals surface area contributed by atoms with Gasteiger partial charge in [0, 0.05) is 47.7 Å². The molecule has 2 atom stereocenters. The van der Waals surface area contributed by atoms with Crippen molar-refractivity contribution < 1.29 is 33.6 Å². The molecule has 0 aliphatic carbocycles. The van der Waals surface area contributed by atoms with Gasteiger partial charge in [-0.05, 0) is 42.3 Å². The Morgan fingerprint density at radius 3 is 2.40 bits per heavy atom. The molecule has 1 amide bonds. The van der Waals surface area contributed by atoms with Gasteiger partial charge < -0.3 is 34.1 Å². The van der Waals surface area contributed by atoms with Crippen LogP contribution in [0.15, 0.2) is 70.8 Å². The number of rotatable bonds is 14. The lowest BCUT2D eigenvalue weighted by Gasteiger charge is -2.29. The lowest BCUT2D eigenvalue weighted by Crippen LogP contribution is -2.52. The van der Waals surface area contributed by atoms with E-state index in [2.05, 4.69) is 15.3 Å². The van der Waals surface area contributed by atoms with Gasteiger partial charge in [0.1, 0.15) is 29.1 Å². The number of carbonyl (C=O) groups is 1. The molecule has 1 aliphatic heterocycles. The number of carbonyl (C=O) groups excluding carboxylic acids is 1. The van der Waals surface area contributed by atoms with Crippen LogP contribution in [0.25, 0.3) is 10.4 Å². The van der Waals surface area contributed by atoms with Gasteiger partial charge in [-0.25, -0.2) is 4.99 Å². The first kappa shape index (κ1) is 31.0. The highest BCUT2D eigenvalue weighted by molar-refractivity contribution is 6.01. The van der Waals surface area contributed by atoms with Crippen LogP contribution in [-0.4, -0.2) is 63.1 Å². The van der Waals surface area contributed by atoms with Crippen LogP contribution < -0.4 is 24.3 Å². The fourth-order valence-corrected chi connectivity index (χ4v) is 4.81. The minimum Gasteiger partial charge on any atom is -0.496 e. The maximum Gasteiger partial charge on any atom is 0.252 e. The molecule has 0 saturated carbocycles. The molecule has 43 heavy (non-hydrogen) atoms. The van der Waals surface area contributed by atoms with E-state index in [0.29, 0.717) is 64.3 Å². The average molecular weight is 590 g/mol. The number of azide groups is 1. The maximum atomic E-state index is 14.2. The summed E-state index contributed by atoms with van der Waals surface area (Å²) in [6.07, 6.45) is -0.0438. The van der Waals surface area contributed by atoms with E-state index in [1.165, 1.54) is 14.2 Å². The molecule has 226 valence electrons. The lowest BCUT2D eigenvalue weighted by atomic mass is 9.85. The number of hydrogen-bond acceptors (Lipinski definition) is 9. The molecule has 2 N–H and O–H groups in total. The number of aliphatic imine (C=N–C) groups is 1. The summed E-state index contributed by atoms with van der Waals surface area (Å²) in [6.45, 7) is 2.30. The second-order valence-electron chi connectivity index (χ2n) is 9.74. The van der Waals surface area contributed by atoms with Gasteiger partial charge in [0.2, 0.25) is 5.90 Å². The highest BCUT2D eigenvalue weighted by Gasteiger charge is 2.50. The molecule has 0 spiro atoms. The molecule has 0 aromatic heterocycles. The summed E-state index contributed by atoms with van der Waals surface area (Å²) in [5, 5.41) is 15.8. The number of nitrogens with one attached hydrogen (secondary N) is 1. The normalized spacial score (nSPS) is 17.2. The Morgan fingerprint density at radius 2 is 1.77 bits per heavy atom. The van der Waals surface area contributed by atoms with E-state index in [1.807, 2.05) is 6.07 Å². The fourth-order valence-electron chi connectivity index (χ4n) is 4.81. The number of aliphatic hydroxyl groups excluding tert-OH is 1. The summed E-state index contributed by atoms with van der Waals surface area (Å²) in [6, 6.07) is 17.6. The Balaban J connectivity index is 1.70. The zero-order valence-corrected chi connectivity index (χ0v) is 24.6. The van der Waals surface area contributed by atoms with Crippen molar-refractivity contribution >= 4 is 17.5 Å². The zero-order chi connectivity index (χ0) is 30.8. The smallest absolute Gasteiger partial charge is 0.252 e. The topological polar surface area (TPSA) is 157 Å². The van der Waals surface area contributed by atoms with Crippen LogP contribution in [0.3, 0.4) is 0 Å². The van der Waals surface area contributed by atoms with E-state index in [-0.39, 0.29) is 19.6 Å². The molecule has 0 bridgehead atoms. The minimum absolute atomic E-state index is 0.0472. The summed E-state index contributed by atoms with van der Waals surface area (Å²) < 4.78 is 28.3. The molecular weight excluding hydrogens is 554 g/mol. The van der Waals surface area contributed by atoms with Crippen LogP contribution in [0.1, 0.15) is 30.0 Å². The van der Waals surface area contributed by atoms with Crippen molar-refractivity contribution in [2.45, 2.75) is 38.0 Å². The molecule has 4 rings (SSSR count). The Bertz CT molecular complexity index is 1480. The van der Waals surface area contributed by atoms with Crippen LogP contribution in [0.5, 0.6) is 23.0 Å². The fraction of sp³-hybridized carbons (Fsp3) is 0.355. The van der Waals surface area contributed by atoms with Crippen molar-refractivity contribution in [2.24, 2.45) is 10.1 Å². The average Bonchev–Trinajstić information content (AvgIpc) is 3.37. The second kappa shape index (κ2) is 14.3. The highest BCUT2D eigenvalue weighted by Crippen LogP contribution is 2.37. The van der Waals surface area contributed by atoms with Gasteiger partial charge in [-0.1, -0.05) is 29.4 Å². The molecule has 3 aromatic carbocycles. The van der Waals surface area contributed by atoms with Crippen molar-refractivity contribution in [3.8, 4) is 23.0 Å². The number of benzene rings is 3. The molecule has 1 aliphatic rings. The van der Waals surface area contributed by atoms with Crippen molar-refractivity contribution in [1.82, 2.24) is 5.32 Å². The molecule has 0 unspecified atom stereocenters. The predicted molar refractivity (Wildman–Crippen MR) is 160 cm³/mol. The standard InChI is InChI=1S/C31H35N5O7/c1-20-31(18-22-8-5-6-9-26(22)35-36-32,34-29(43-20)21-10-12-23(13-11-21)42-15-7-14-37)30(38)33-19-25-27(40-3)16-24(39-2)17-28(25)41-4/h5-6,8-13,16-17,20,37H,7,14-15,18-19H2,1-4H3,(H,33,38)/t20-,31-/m1/s1. The third-order valence-electron chi connectivity index (χ3n) is 7.17. The SMILES string of the molecule is COc1cc(OC)c(CNC(=O)[C@]2(Cc3ccccc3N=[N+]=[N-])N=C(c3ccc(OCCCO)cc3)O[C@@H]2C)c(OC)c1. The first-order chi connectivity index (χ1) is 20.9. The van der Waals surface area contributed by atoms with Crippen LogP contribution in [0, 0.1) is 0 Å². The van der Waals surface area contributed by atoms with Gasteiger partial charge in [-0.2, -0.15) is 0 Å². The monoisotopic (exact) mass is 589 g/mol. The van der Waals surface area contributed by atoms with Gasteiger partial charge in [0.15, 0.2) is 5.54 Å². The molecule has 0 fully saturated rings. The molecular formula is C31H35N5O7. The van der Waals surface area contributed by atoms with Gasteiger partial charge in [0.25, 0.3) is 5.91 Å². The first-order valence-corrected chi connectivity index (χ1v) is 13.7. The summed E-state index contributed by atoms with van der Waals surface area (Å²) >= 11 is 0. The van der Waals surface area contributed by atoms with E-state index < -0.39 is 17.6 Å². The maximum absolute atomic E-state index is 14.2. The lowest BCUT2D eigenvalue weighted by molar-refractivity contribution is -0.128. The van der Waals surface area contributed by atoms with Gasteiger partial charge in [0.05, 0.1) is 40.0 Å². The van der Waals surface area contributed by atoms with Crippen LogP contribution >= 0.6 is 0 Å². The Kier molecular flexibility index (Phi) is 10.3. The molecule has 12 nitrogen and oxygen atoms in total. The molecule has 0 radical (unpaired) electrons. The van der Waals surface area contributed by atoms with E-state index in [0.717, 1.165) is 0 Å². The highest BCUT2D eigenvalue weighted by atomic mass is 16.5. The van der Waals surface area contributed by atoms with Crippen LogP contribution in [0.2, 0.25) is 0 Å². The van der Waals surface area contributed by atoms with Crippen molar-refractivity contribution in [1.29, 1.82) is 0 Å². The Morgan fingerprint density at radius 1 is 1.07 bits per heavy atom. The van der Waals surface area contributed by atoms with Gasteiger partial charge in [-0.3, -0.25) is 4.79 Å². The van der Waals surface area contributed by atoms with Crippen molar-refractivity contribution in [2.75, 3.05) is 34.5 Å². The summed E-state index contributed by atoms with van der Waals surface area (Å²) in [5.41, 5.74) is 10.1. The number of methoxy groups -OCH3 is 3. The number of nitrogens with zero attached hydrogens (tertiary/aromatic N) is 4. The largest absolute Gasteiger partial charge is 0.496 e. The van der Waals surface area contributed by atoms with E-state index in [1.54, 1.807) is 68.6 Å². The molecule has 1 heterocycles. The Labute approximate surface area is 249 Å². The Hall–Kier alpha value is -4.93. The third-order valence-corrected chi connectivity index (χ3v) is 7.17. The number of hydrogen-bond donors (Lipinski definition) is 2. The second-order valence-corrected chi connectivity index (χ2v) is 9.74. The minimum atomic E-state index is -1.40. The first-order valence-electron chi connectivity index (χ1n) is 13.7. The third kappa shape index (κ3) is 6.94. The molecule has 3 aromatic rings. The summed E-state index contributed by atoms with van der Waals surface area (Å²) in [7, 11) is 4.60. The van der Waals surface area contributed by atoms with Crippen LogP contribution in [-0.2, 0) is 22.5 Å². The molecule has 0 saturated heterocycles. The van der Waals surface area contributed by atoms with Crippen molar-refractivity contribution in [3.05, 3.63) is 87.8 Å². The van der Waals surface area contributed by atoms with Gasteiger partial charge in [-0.15, -0.1) is 0 Å². The van der Waals surface area contributed by atoms with Crippen molar-refractivity contribution in [3.63, 3.8) is 0 Å². The van der Waals surface area contributed by atoms with Crippen LogP contribution in [0.4, 0.5) is 5.69 Å². The summed E-state index contributed by atoms with van der Waals surface area (Å²) in [4.78, 5) is 22.0. The molecule has 12 heteroatoms. The number of ether oxygens (including phenoxy) is 5. The van der Waals surface area contributed by atoms with E-state index in [9.17, 15) is 4.79 Å². The predicted octanol–water partition coefficient (Wildman–Crippen LogP) is 4.88. The number of amides is 1. The van der Waals surface area contributed by atoms with Gasteiger partial charge >= 0.3 is 0 Å². The number of aliphatic hydroxyl groups is 1. The van der Waals surface area contributed by atoms with E-state index in [4.69, 9.17) is 39.3 Å². The zero-order valence-electron chi connectivity index (χ0n) is 24.6. The quantitative estimate of drug-likeness (QED) is 0.117. The summed E-state index contributed by atoms with van der Waals surface area (Å²) in [5.74, 6) is 2.06.